The summed E-state index contributed by atoms with van der Waals surface area (Å²) >= 11 is 0. The molecule has 0 heterocycles. The minimum Gasteiger partial charge on any atom is -0.0614 e. The van der Waals surface area contributed by atoms with Gasteiger partial charge in [0.15, 0.2) is 0 Å². The Kier molecular flexibility index (Phi) is 1.88. The van der Waals surface area contributed by atoms with E-state index < -0.39 is 0 Å². The average molecular weight is 119 g/mol. The van der Waals surface area contributed by atoms with Gasteiger partial charge in [-0.05, 0) is 30.5 Å². The Balaban J connectivity index is 3.01. The van der Waals surface area contributed by atoms with Crippen LogP contribution in [0.25, 0.3) is 0 Å². The molecule has 9 heavy (non-hydrogen) atoms. The average Bonchev–Trinajstić information content (AvgIpc) is 1.89. The topological polar surface area (TPSA) is 0 Å². The van der Waals surface area contributed by atoms with Crippen molar-refractivity contribution in [3.05, 3.63) is 35.4 Å². The van der Waals surface area contributed by atoms with E-state index in [-0.39, 0.29) is 0 Å². The van der Waals surface area contributed by atoms with Gasteiger partial charge in [-0.3, -0.25) is 0 Å². The fraction of sp³-hybridized carbons (Fsp3) is 0.333. The van der Waals surface area contributed by atoms with E-state index in [1.165, 1.54) is 11.1 Å². The van der Waals surface area contributed by atoms with Crippen LogP contribution in [0, 0.1) is 13.0 Å². The summed E-state index contributed by atoms with van der Waals surface area (Å²) in [6, 6.07) is 9.29. The normalized spacial score (nSPS) is 9.56. The van der Waals surface area contributed by atoms with E-state index in [0.717, 1.165) is 6.42 Å². The number of hydrogen-bond acceptors (Lipinski definition) is 0. The molecule has 0 unspecified atom stereocenters. The molecule has 0 saturated heterocycles. The van der Waals surface area contributed by atoms with Gasteiger partial charge in [0, 0.05) is 0 Å². The molecule has 0 bridgehead atoms. The Morgan fingerprint density at radius 3 is 2.78 bits per heavy atom. The Labute approximate surface area is 56.5 Å². The van der Waals surface area contributed by atoms with Crippen LogP contribution in [0.2, 0.25) is 0 Å². The summed E-state index contributed by atoms with van der Waals surface area (Å²) < 4.78 is 0. The summed E-state index contributed by atoms with van der Waals surface area (Å²) in [5.74, 6) is 0. The third-order valence-electron chi connectivity index (χ3n) is 1.53. The van der Waals surface area contributed by atoms with Crippen molar-refractivity contribution in [2.75, 3.05) is 0 Å². The SMILES string of the molecule is CCc1[c]cccc1C. The van der Waals surface area contributed by atoms with Gasteiger partial charge in [0.05, 0.1) is 0 Å². The maximum Gasteiger partial charge on any atom is -0.0147 e. The van der Waals surface area contributed by atoms with E-state index in [9.17, 15) is 0 Å². The molecular formula is C9H11. The van der Waals surface area contributed by atoms with Gasteiger partial charge >= 0.3 is 0 Å². The second-order valence-corrected chi connectivity index (χ2v) is 2.19. The Morgan fingerprint density at radius 1 is 1.56 bits per heavy atom. The van der Waals surface area contributed by atoms with E-state index in [2.05, 4.69) is 26.0 Å². The smallest absolute Gasteiger partial charge is 0.0147 e. The van der Waals surface area contributed by atoms with Gasteiger partial charge in [-0.25, -0.2) is 0 Å². The van der Waals surface area contributed by atoms with Gasteiger partial charge in [0.2, 0.25) is 0 Å². The van der Waals surface area contributed by atoms with Crippen LogP contribution in [0.15, 0.2) is 18.2 Å². The standard InChI is InChI=1S/C9H11/c1-3-9-7-5-4-6-8(9)2/h4-6H,3H2,1-2H3. The van der Waals surface area contributed by atoms with Crippen LogP contribution < -0.4 is 0 Å². The van der Waals surface area contributed by atoms with E-state index >= 15 is 0 Å². The van der Waals surface area contributed by atoms with E-state index in [4.69, 9.17) is 0 Å². The molecule has 0 fully saturated rings. The second kappa shape index (κ2) is 2.67. The molecule has 0 heteroatoms. The van der Waals surface area contributed by atoms with E-state index in [0.29, 0.717) is 0 Å². The highest BCUT2D eigenvalue weighted by molar-refractivity contribution is 5.23. The zero-order valence-electron chi connectivity index (χ0n) is 5.94. The first kappa shape index (κ1) is 6.34. The summed E-state index contributed by atoms with van der Waals surface area (Å²) in [5.41, 5.74) is 2.68. The van der Waals surface area contributed by atoms with Gasteiger partial charge in [-0.2, -0.15) is 0 Å². The van der Waals surface area contributed by atoms with E-state index in [1.807, 2.05) is 12.1 Å². The minimum absolute atomic E-state index is 1.09. The van der Waals surface area contributed by atoms with Crippen molar-refractivity contribution in [3.63, 3.8) is 0 Å². The molecule has 1 aromatic carbocycles. The highest BCUT2D eigenvalue weighted by Gasteiger charge is 1.90. The van der Waals surface area contributed by atoms with Gasteiger partial charge in [0.25, 0.3) is 0 Å². The molecule has 0 amide bonds. The van der Waals surface area contributed by atoms with Crippen molar-refractivity contribution < 1.29 is 0 Å². The van der Waals surface area contributed by atoms with Gasteiger partial charge in [0.1, 0.15) is 0 Å². The lowest BCUT2D eigenvalue weighted by molar-refractivity contribution is 1.11. The summed E-state index contributed by atoms with van der Waals surface area (Å²) in [7, 11) is 0. The summed E-state index contributed by atoms with van der Waals surface area (Å²) in [6.07, 6.45) is 1.09. The predicted molar refractivity (Wildman–Crippen MR) is 39.4 cm³/mol. The maximum atomic E-state index is 3.19. The molecule has 1 rings (SSSR count). The van der Waals surface area contributed by atoms with Crippen LogP contribution in [0.3, 0.4) is 0 Å². The van der Waals surface area contributed by atoms with Crippen molar-refractivity contribution >= 4 is 0 Å². The Morgan fingerprint density at radius 2 is 2.33 bits per heavy atom. The number of hydrogen-bond donors (Lipinski definition) is 0. The number of rotatable bonds is 1. The minimum atomic E-state index is 1.09. The molecule has 0 aliphatic rings. The predicted octanol–water partition coefficient (Wildman–Crippen LogP) is 2.36. The molecule has 0 aliphatic heterocycles. The molecule has 1 radical (unpaired) electrons. The third-order valence-corrected chi connectivity index (χ3v) is 1.53. The molecule has 0 aliphatic carbocycles. The zero-order valence-corrected chi connectivity index (χ0v) is 5.94. The monoisotopic (exact) mass is 119 g/mol. The quantitative estimate of drug-likeness (QED) is 0.532. The van der Waals surface area contributed by atoms with Crippen LogP contribution in [0.4, 0.5) is 0 Å². The van der Waals surface area contributed by atoms with Crippen LogP contribution in [0.1, 0.15) is 18.1 Å². The lowest BCUT2D eigenvalue weighted by atomic mass is 10.1. The fourth-order valence-corrected chi connectivity index (χ4v) is 0.936. The molecule has 0 N–H and O–H groups in total. The molecule has 0 atom stereocenters. The first-order valence-electron chi connectivity index (χ1n) is 3.30. The highest BCUT2D eigenvalue weighted by Crippen LogP contribution is 2.05. The summed E-state index contributed by atoms with van der Waals surface area (Å²) in [4.78, 5) is 0. The van der Waals surface area contributed by atoms with Crippen molar-refractivity contribution in [3.8, 4) is 0 Å². The molecule has 47 valence electrons. The van der Waals surface area contributed by atoms with Crippen molar-refractivity contribution in [2.45, 2.75) is 20.3 Å². The van der Waals surface area contributed by atoms with Gasteiger partial charge in [-0.1, -0.05) is 25.1 Å². The van der Waals surface area contributed by atoms with Crippen LogP contribution in [-0.4, -0.2) is 0 Å². The van der Waals surface area contributed by atoms with Crippen LogP contribution >= 0.6 is 0 Å². The fourth-order valence-electron chi connectivity index (χ4n) is 0.936. The molecule has 0 spiro atoms. The summed E-state index contributed by atoms with van der Waals surface area (Å²) in [5, 5.41) is 0. The lowest BCUT2D eigenvalue weighted by Gasteiger charge is -1.97. The lowest BCUT2D eigenvalue weighted by Crippen LogP contribution is -1.83. The number of aryl methyl sites for hydroxylation is 2. The van der Waals surface area contributed by atoms with Crippen molar-refractivity contribution in [1.82, 2.24) is 0 Å². The number of benzene rings is 1. The Hall–Kier alpha value is -0.780. The molecule has 0 aromatic heterocycles. The first-order chi connectivity index (χ1) is 4.34. The van der Waals surface area contributed by atoms with Crippen LogP contribution in [0.5, 0.6) is 0 Å². The van der Waals surface area contributed by atoms with Gasteiger partial charge < -0.3 is 0 Å². The van der Waals surface area contributed by atoms with E-state index in [1.54, 1.807) is 0 Å². The van der Waals surface area contributed by atoms with Crippen LogP contribution in [-0.2, 0) is 6.42 Å². The van der Waals surface area contributed by atoms with Crippen molar-refractivity contribution in [1.29, 1.82) is 0 Å². The molecule has 0 saturated carbocycles. The highest BCUT2D eigenvalue weighted by atomic mass is 13.9. The zero-order chi connectivity index (χ0) is 6.69. The van der Waals surface area contributed by atoms with Crippen molar-refractivity contribution in [2.24, 2.45) is 0 Å². The Bertz CT molecular complexity index is 189. The maximum absolute atomic E-state index is 3.19. The second-order valence-electron chi connectivity index (χ2n) is 2.19. The van der Waals surface area contributed by atoms with Gasteiger partial charge in [-0.15, -0.1) is 0 Å². The molecular weight excluding hydrogens is 108 g/mol. The first-order valence-corrected chi connectivity index (χ1v) is 3.30. The molecule has 1 aromatic rings. The largest absolute Gasteiger partial charge is 0.0614 e. The summed E-state index contributed by atoms with van der Waals surface area (Å²) in [6.45, 7) is 4.27. The third kappa shape index (κ3) is 1.32. The molecule has 0 nitrogen and oxygen atoms in total.